The molecule has 0 radical (unpaired) electrons. The van der Waals surface area contributed by atoms with E-state index in [4.69, 9.17) is 4.74 Å². The van der Waals surface area contributed by atoms with Crippen molar-refractivity contribution in [3.63, 3.8) is 0 Å². The molecule has 1 heterocycles. The topological polar surface area (TPSA) is 39.1 Å². The van der Waals surface area contributed by atoms with E-state index >= 15 is 0 Å². The number of anilines is 1. The van der Waals surface area contributed by atoms with Crippen LogP contribution in [0.1, 0.15) is 45.4 Å². The molecule has 0 bridgehead atoms. The van der Waals surface area contributed by atoms with Crippen LogP contribution in [0.3, 0.4) is 0 Å². The minimum atomic E-state index is 0.618. The predicted octanol–water partition coefficient (Wildman–Crippen LogP) is 3.05. The van der Waals surface area contributed by atoms with Crippen LogP contribution >= 0.6 is 0 Å². The van der Waals surface area contributed by atoms with Crippen LogP contribution in [0.15, 0.2) is 12.4 Å². The van der Waals surface area contributed by atoms with Crippen molar-refractivity contribution in [1.82, 2.24) is 9.55 Å². The number of ether oxygens (including phenoxy) is 1. The smallest absolute Gasteiger partial charge is 0.203 e. The molecule has 1 N–H and O–H groups in total. The first-order valence-corrected chi connectivity index (χ1v) is 7.25. The Morgan fingerprint density at radius 2 is 2.22 bits per heavy atom. The monoisotopic (exact) mass is 251 g/mol. The number of nitrogens with one attached hydrogen (secondary N) is 1. The second-order valence-electron chi connectivity index (χ2n) is 5.04. The van der Waals surface area contributed by atoms with Crippen LogP contribution in [0.4, 0.5) is 5.95 Å². The highest BCUT2D eigenvalue weighted by atomic mass is 16.5. The second-order valence-corrected chi connectivity index (χ2v) is 5.04. The van der Waals surface area contributed by atoms with Gasteiger partial charge in [-0.25, -0.2) is 4.98 Å². The summed E-state index contributed by atoms with van der Waals surface area (Å²) in [5.74, 6) is 1.00. The summed E-state index contributed by atoms with van der Waals surface area (Å²) >= 11 is 0. The zero-order valence-corrected chi connectivity index (χ0v) is 11.4. The third-order valence-electron chi connectivity index (χ3n) is 3.52. The molecular formula is C14H25N3O. The molecule has 1 aliphatic carbocycles. The average Bonchev–Trinajstić information content (AvgIpc) is 3.02. The van der Waals surface area contributed by atoms with E-state index in [1.165, 1.54) is 32.1 Å². The maximum atomic E-state index is 5.60. The summed E-state index contributed by atoms with van der Waals surface area (Å²) in [5, 5.41) is 3.54. The molecule has 0 unspecified atom stereocenters. The molecule has 2 rings (SSSR count). The van der Waals surface area contributed by atoms with Gasteiger partial charge in [0.15, 0.2) is 0 Å². The van der Waals surface area contributed by atoms with E-state index in [1.807, 2.05) is 12.4 Å². The highest BCUT2D eigenvalue weighted by molar-refractivity contribution is 5.27. The maximum absolute atomic E-state index is 5.60. The lowest BCUT2D eigenvalue weighted by molar-refractivity contribution is 0.124. The molecular weight excluding hydrogens is 226 g/mol. The first-order chi connectivity index (χ1) is 8.90. The van der Waals surface area contributed by atoms with Crippen LogP contribution in [-0.4, -0.2) is 28.8 Å². The zero-order valence-electron chi connectivity index (χ0n) is 11.4. The summed E-state index contributed by atoms with van der Waals surface area (Å²) in [4.78, 5) is 4.39. The first kappa shape index (κ1) is 13.4. The van der Waals surface area contributed by atoms with Gasteiger partial charge >= 0.3 is 0 Å². The highest BCUT2D eigenvalue weighted by Crippen LogP contribution is 2.21. The number of hydrogen-bond acceptors (Lipinski definition) is 3. The Hall–Kier alpha value is -1.03. The Bertz CT molecular complexity index is 332. The Labute approximate surface area is 110 Å². The minimum absolute atomic E-state index is 0.618. The molecule has 1 aromatic heterocycles. The van der Waals surface area contributed by atoms with Crippen molar-refractivity contribution in [3.8, 4) is 0 Å². The van der Waals surface area contributed by atoms with Crippen molar-refractivity contribution < 1.29 is 4.74 Å². The van der Waals surface area contributed by atoms with Gasteiger partial charge in [-0.1, -0.05) is 26.2 Å². The fourth-order valence-electron chi connectivity index (χ4n) is 2.39. The summed E-state index contributed by atoms with van der Waals surface area (Å²) < 4.78 is 7.75. The molecule has 0 amide bonds. The van der Waals surface area contributed by atoms with Gasteiger partial charge in [0.05, 0.1) is 6.61 Å². The number of unbranched alkanes of at least 4 members (excludes halogenated alkanes) is 1. The normalized spacial score (nSPS) is 16.3. The third kappa shape index (κ3) is 4.02. The summed E-state index contributed by atoms with van der Waals surface area (Å²) in [7, 11) is 0. The fraction of sp³-hybridized carbons (Fsp3) is 0.786. The van der Waals surface area contributed by atoms with Crippen LogP contribution in [0.5, 0.6) is 0 Å². The van der Waals surface area contributed by atoms with Crippen LogP contribution in [0.2, 0.25) is 0 Å². The van der Waals surface area contributed by atoms with E-state index in [-0.39, 0.29) is 0 Å². The summed E-state index contributed by atoms with van der Waals surface area (Å²) in [6.07, 6.45) is 11.5. The molecule has 0 atom stereocenters. The third-order valence-corrected chi connectivity index (χ3v) is 3.52. The molecule has 1 aliphatic rings. The van der Waals surface area contributed by atoms with E-state index in [9.17, 15) is 0 Å². The predicted molar refractivity (Wildman–Crippen MR) is 73.8 cm³/mol. The quantitative estimate of drug-likeness (QED) is 0.722. The van der Waals surface area contributed by atoms with E-state index in [1.54, 1.807) is 0 Å². The zero-order chi connectivity index (χ0) is 12.6. The van der Waals surface area contributed by atoms with Gasteiger partial charge in [0.1, 0.15) is 0 Å². The van der Waals surface area contributed by atoms with Gasteiger partial charge in [-0.15, -0.1) is 0 Å². The molecule has 0 aliphatic heterocycles. The molecule has 1 aromatic rings. The lowest BCUT2D eigenvalue weighted by Gasteiger charge is -2.14. The van der Waals surface area contributed by atoms with Gasteiger partial charge < -0.3 is 14.6 Å². The Kier molecular flexibility index (Phi) is 5.52. The van der Waals surface area contributed by atoms with Gasteiger partial charge in [0, 0.05) is 31.6 Å². The molecule has 0 spiro atoms. The minimum Gasteiger partial charge on any atom is -0.380 e. The standard InChI is InChI=1S/C14H25N3O/c1-2-3-11-18-12-10-17-9-8-15-14(17)16-13-6-4-5-7-13/h8-9,13H,2-7,10-12H2,1H3,(H,15,16). The Morgan fingerprint density at radius 1 is 1.39 bits per heavy atom. The van der Waals surface area contributed by atoms with Crippen molar-refractivity contribution in [1.29, 1.82) is 0 Å². The number of nitrogens with zero attached hydrogens (tertiary/aromatic N) is 2. The van der Waals surface area contributed by atoms with E-state index in [2.05, 4.69) is 21.8 Å². The van der Waals surface area contributed by atoms with Gasteiger partial charge in [-0.3, -0.25) is 0 Å². The van der Waals surface area contributed by atoms with Crippen molar-refractivity contribution >= 4 is 5.95 Å². The van der Waals surface area contributed by atoms with Crippen molar-refractivity contribution in [2.45, 2.75) is 58.0 Å². The maximum Gasteiger partial charge on any atom is 0.203 e. The van der Waals surface area contributed by atoms with Crippen molar-refractivity contribution in [2.24, 2.45) is 0 Å². The number of rotatable bonds is 8. The highest BCUT2D eigenvalue weighted by Gasteiger charge is 2.16. The largest absolute Gasteiger partial charge is 0.380 e. The van der Waals surface area contributed by atoms with E-state index in [0.717, 1.165) is 32.1 Å². The number of imidazole rings is 1. The SMILES string of the molecule is CCCCOCCn1ccnc1NC1CCCC1. The van der Waals surface area contributed by atoms with Gasteiger partial charge in [-0.05, 0) is 19.3 Å². The molecule has 18 heavy (non-hydrogen) atoms. The molecule has 0 saturated heterocycles. The fourth-order valence-corrected chi connectivity index (χ4v) is 2.39. The molecule has 1 fully saturated rings. The van der Waals surface area contributed by atoms with Gasteiger partial charge in [-0.2, -0.15) is 0 Å². The van der Waals surface area contributed by atoms with Crippen LogP contribution in [0.25, 0.3) is 0 Å². The van der Waals surface area contributed by atoms with E-state index < -0.39 is 0 Å². The lowest BCUT2D eigenvalue weighted by atomic mass is 10.2. The van der Waals surface area contributed by atoms with Gasteiger partial charge in [0.2, 0.25) is 5.95 Å². The van der Waals surface area contributed by atoms with Crippen LogP contribution < -0.4 is 5.32 Å². The summed E-state index contributed by atoms with van der Waals surface area (Å²) in [5.41, 5.74) is 0. The van der Waals surface area contributed by atoms with Crippen molar-refractivity contribution in [3.05, 3.63) is 12.4 Å². The van der Waals surface area contributed by atoms with Crippen LogP contribution in [0, 0.1) is 0 Å². The summed E-state index contributed by atoms with van der Waals surface area (Å²) in [6, 6.07) is 0.618. The lowest BCUT2D eigenvalue weighted by Crippen LogP contribution is -2.19. The average molecular weight is 251 g/mol. The van der Waals surface area contributed by atoms with E-state index in [0.29, 0.717) is 6.04 Å². The number of aromatic nitrogens is 2. The Balaban J connectivity index is 1.72. The van der Waals surface area contributed by atoms with Crippen molar-refractivity contribution in [2.75, 3.05) is 18.5 Å². The molecule has 1 saturated carbocycles. The van der Waals surface area contributed by atoms with Gasteiger partial charge in [0.25, 0.3) is 0 Å². The molecule has 102 valence electrons. The summed E-state index contributed by atoms with van der Waals surface area (Å²) in [6.45, 7) is 4.72. The first-order valence-electron chi connectivity index (χ1n) is 7.25. The molecule has 4 heteroatoms. The van der Waals surface area contributed by atoms with Crippen LogP contribution in [-0.2, 0) is 11.3 Å². The number of hydrogen-bond donors (Lipinski definition) is 1. The second kappa shape index (κ2) is 7.41. The molecule has 0 aromatic carbocycles. The Morgan fingerprint density at radius 3 is 3.00 bits per heavy atom. The molecule has 4 nitrogen and oxygen atoms in total.